The lowest BCUT2D eigenvalue weighted by molar-refractivity contribution is 0.0554. The fraction of sp³-hybridized carbons (Fsp3) is 0.800. The van der Waals surface area contributed by atoms with Crippen LogP contribution in [0.25, 0.3) is 0 Å². The van der Waals surface area contributed by atoms with Crippen LogP contribution in [0.4, 0.5) is 9.59 Å². The molecule has 0 N–H and O–H groups in total. The maximum atomic E-state index is 10.5. The van der Waals surface area contributed by atoms with Gasteiger partial charge in [-0.3, -0.25) is 0 Å². The summed E-state index contributed by atoms with van der Waals surface area (Å²) in [6, 6.07) is 0. The van der Waals surface area contributed by atoms with Crippen molar-refractivity contribution in [2.45, 2.75) is 26.7 Å². The van der Waals surface area contributed by atoms with Crippen LogP contribution in [-0.2, 0) is 18.9 Å². The Morgan fingerprint density at radius 2 is 1.19 bits per heavy atom. The van der Waals surface area contributed by atoms with E-state index >= 15 is 0 Å². The highest BCUT2D eigenvalue weighted by Crippen LogP contribution is 1.88. The maximum absolute atomic E-state index is 10.5. The van der Waals surface area contributed by atoms with Crippen molar-refractivity contribution in [1.29, 1.82) is 0 Å². The highest BCUT2D eigenvalue weighted by Gasteiger charge is 1.99. The summed E-state index contributed by atoms with van der Waals surface area (Å²) in [6.45, 7) is 4.77. The lowest BCUT2D eigenvalue weighted by Crippen LogP contribution is -2.08. The zero-order valence-corrected chi connectivity index (χ0v) is 10.3. The van der Waals surface area contributed by atoms with E-state index in [1.54, 1.807) is 0 Å². The van der Waals surface area contributed by atoms with Gasteiger partial charge in [0, 0.05) is 0 Å². The van der Waals surface area contributed by atoms with Gasteiger partial charge >= 0.3 is 12.3 Å². The zero-order valence-electron chi connectivity index (χ0n) is 10.3. The first kappa shape index (κ1) is 17.0. The van der Waals surface area contributed by atoms with Crippen LogP contribution in [0.1, 0.15) is 26.7 Å². The minimum absolute atomic E-state index is 0.447. The van der Waals surface area contributed by atoms with Crippen molar-refractivity contribution < 1.29 is 28.5 Å². The molecule has 0 unspecified atom stereocenters. The molecule has 0 aromatic rings. The third-order valence-corrected chi connectivity index (χ3v) is 1.18. The Bertz CT molecular complexity index is 164. The molecule has 0 spiro atoms. The van der Waals surface area contributed by atoms with E-state index in [4.69, 9.17) is 0 Å². The summed E-state index contributed by atoms with van der Waals surface area (Å²) in [7, 11) is 2.51. The van der Waals surface area contributed by atoms with E-state index < -0.39 is 12.3 Å². The van der Waals surface area contributed by atoms with E-state index in [1.807, 2.05) is 13.8 Å². The standard InChI is InChI=1S/C7H14O3.C3H6O3/c1-3-5-9-7(8)10-6-4-2;1-5-3(4)6-2/h3-6H2,1-2H3;1-2H3. The van der Waals surface area contributed by atoms with E-state index in [0.717, 1.165) is 12.8 Å². The monoisotopic (exact) mass is 236 g/mol. The molecule has 0 aromatic carbocycles. The molecule has 0 aliphatic rings. The van der Waals surface area contributed by atoms with Crippen molar-refractivity contribution in [2.75, 3.05) is 27.4 Å². The molecule has 96 valence electrons. The Balaban J connectivity index is 0. The molecule has 0 aromatic heterocycles. The normalized spacial score (nSPS) is 8.25. The predicted molar refractivity (Wildman–Crippen MR) is 57.3 cm³/mol. The van der Waals surface area contributed by atoms with Gasteiger partial charge in [0.1, 0.15) is 0 Å². The highest BCUT2D eigenvalue weighted by molar-refractivity contribution is 5.59. The maximum Gasteiger partial charge on any atom is 0.508 e. The third kappa shape index (κ3) is 15.0. The van der Waals surface area contributed by atoms with Crippen LogP contribution in [0.2, 0.25) is 0 Å². The molecule has 6 heteroatoms. The SMILES string of the molecule is CCCOC(=O)OCCC.COC(=O)OC. The Hall–Kier alpha value is -1.46. The van der Waals surface area contributed by atoms with Crippen LogP contribution in [0.15, 0.2) is 0 Å². The largest absolute Gasteiger partial charge is 0.508 e. The molecule has 0 atom stereocenters. The van der Waals surface area contributed by atoms with Crippen LogP contribution < -0.4 is 0 Å². The fourth-order valence-electron chi connectivity index (χ4n) is 0.496. The van der Waals surface area contributed by atoms with Gasteiger partial charge in [-0.05, 0) is 12.8 Å². The van der Waals surface area contributed by atoms with Crippen LogP contribution in [0.5, 0.6) is 0 Å². The first-order valence-electron chi connectivity index (χ1n) is 5.03. The lowest BCUT2D eigenvalue weighted by atomic mass is 10.5. The molecular weight excluding hydrogens is 216 g/mol. The van der Waals surface area contributed by atoms with Gasteiger partial charge < -0.3 is 18.9 Å². The van der Waals surface area contributed by atoms with E-state index in [9.17, 15) is 9.59 Å². The Morgan fingerprint density at radius 3 is 1.38 bits per heavy atom. The van der Waals surface area contributed by atoms with Crippen LogP contribution in [0, 0.1) is 0 Å². The molecule has 0 bridgehead atoms. The molecule has 0 fully saturated rings. The summed E-state index contributed by atoms with van der Waals surface area (Å²) < 4.78 is 17.3. The van der Waals surface area contributed by atoms with Gasteiger partial charge in [-0.25, -0.2) is 9.59 Å². The number of ether oxygens (including phenoxy) is 4. The molecule has 0 amide bonds. The smallest absolute Gasteiger partial charge is 0.438 e. The van der Waals surface area contributed by atoms with Crippen molar-refractivity contribution in [2.24, 2.45) is 0 Å². The van der Waals surface area contributed by atoms with E-state index in [2.05, 4.69) is 18.9 Å². The molecule has 0 saturated heterocycles. The molecule has 0 saturated carbocycles. The summed E-state index contributed by atoms with van der Waals surface area (Å²) in [4.78, 5) is 20.3. The van der Waals surface area contributed by atoms with E-state index in [1.165, 1.54) is 14.2 Å². The van der Waals surface area contributed by atoms with Gasteiger partial charge in [-0.1, -0.05) is 13.8 Å². The van der Waals surface area contributed by atoms with Crippen molar-refractivity contribution in [3.63, 3.8) is 0 Å². The Labute approximate surface area is 95.8 Å². The van der Waals surface area contributed by atoms with Crippen molar-refractivity contribution in [3.05, 3.63) is 0 Å². The van der Waals surface area contributed by atoms with E-state index in [-0.39, 0.29) is 0 Å². The molecule has 0 rings (SSSR count). The van der Waals surface area contributed by atoms with Gasteiger partial charge in [-0.2, -0.15) is 0 Å². The Morgan fingerprint density at radius 1 is 0.812 bits per heavy atom. The quantitative estimate of drug-likeness (QED) is 0.698. The summed E-state index contributed by atoms with van der Waals surface area (Å²) >= 11 is 0. The van der Waals surface area contributed by atoms with Crippen molar-refractivity contribution >= 4 is 12.3 Å². The van der Waals surface area contributed by atoms with Gasteiger partial charge in [-0.15, -0.1) is 0 Å². The number of methoxy groups -OCH3 is 2. The first-order valence-corrected chi connectivity index (χ1v) is 5.03. The third-order valence-electron chi connectivity index (χ3n) is 1.18. The van der Waals surface area contributed by atoms with Gasteiger partial charge in [0.2, 0.25) is 0 Å². The molecule has 0 radical (unpaired) electrons. The molecule has 16 heavy (non-hydrogen) atoms. The number of rotatable bonds is 4. The summed E-state index contributed by atoms with van der Waals surface area (Å²) in [6.07, 6.45) is 0.460. The van der Waals surface area contributed by atoms with Crippen LogP contribution >= 0.6 is 0 Å². The average Bonchev–Trinajstić information content (AvgIpc) is 2.33. The number of carbonyl (C=O) groups excluding carboxylic acids is 2. The predicted octanol–water partition coefficient (Wildman–Crippen LogP) is 2.36. The van der Waals surface area contributed by atoms with Crippen molar-refractivity contribution in [1.82, 2.24) is 0 Å². The summed E-state index contributed by atoms with van der Waals surface area (Å²) in [5.41, 5.74) is 0. The molecule has 6 nitrogen and oxygen atoms in total. The second-order valence-corrected chi connectivity index (χ2v) is 2.61. The van der Waals surface area contributed by atoms with Gasteiger partial charge in [0.05, 0.1) is 27.4 Å². The van der Waals surface area contributed by atoms with Gasteiger partial charge in [0.15, 0.2) is 0 Å². The first-order chi connectivity index (χ1) is 7.62. The summed E-state index contributed by atoms with van der Waals surface area (Å²) in [5.74, 6) is 0. The minimum atomic E-state index is -0.657. The highest BCUT2D eigenvalue weighted by atomic mass is 16.7. The fourth-order valence-corrected chi connectivity index (χ4v) is 0.496. The number of carbonyl (C=O) groups is 2. The lowest BCUT2D eigenvalue weighted by Gasteiger charge is -2.02. The van der Waals surface area contributed by atoms with Crippen LogP contribution in [-0.4, -0.2) is 39.7 Å². The minimum Gasteiger partial charge on any atom is -0.438 e. The molecule has 0 aliphatic carbocycles. The summed E-state index contributed by atoms with van der Waals surface area (Å²) in [5, 5.41) is 0. The van der Waals surface area contributed by atoms with E-state index in [0.29, 0.717) is 13.2 Å². The zero-order chi connectivity index (χ0) is 12.8. The Kier molecular flexibility index (Phi) is 14.3. The van der Waals surface area contributed by atoms with Crippen molar-refractivity contribution in [3.8, 4) is 0 Å². The molecular formula is C10H20O6. The van der Waals surface area contributed by atoms with Gasteiger partial charge in [0.25, 0.3) is 0 Å². The second-order valence-electron chi connectivity index (χ2n) is 2.61. The molecule has 0 aliphatic heterocycles. The number of hydrogen-bond acceptors (Lipinski definition) is 6. The second kappa shape index (κ2) is 13.5. The van der Waals surface area contributed by atoms with Crippen LogP contribution in [0.3, 0.4) is 0 Å². The number of hydrogen-bond donors (Lipinski definition) is 0. The topological polar surface area (TPSA) is 71.1 Å². The molecule has 0 heterocycles. The average molecular weight is 236 g/mol.